The molecule has 0 unspecified atom stereocenters. The second-order valence-electron chi connectivity index (χ2n) is 12.7. The predicted octanol–water partition coefficient (Wildman–Crippen LogP) is 12.5. The molecule has 8 aromatic carbocycles. The fourth-order valence-electron chi connectivity index (χ4n) is 7.58. The van der Waals surface area contributed by atoms with Crippen LogP contribution in [0.4, 0.5) is 0 Å². The van der Waals surface area contributed by atoms with Crippen molar-refractivity contribution in [2.75, 3.05) is 0 Å². The van der Waals surface area contributed by atoms with Crippen molar-refractivity contribution in [1.29, 1.82) is 0 Å². The Balaban J connectivity index is 1.53. The third-order valence-corrected chi connectivity index (χ3v) is 9.90. The highest BCUT2D eigenvalue weighted by Gasteiger charge is 2.23. The van der Waals surface area contributed by atoms with Crippen molar-refractivity contribution in [3.05, 3.63) is 162 Å². The van der Waals surface area contributed by atoms with E-state index in [4.69, 9.17) is 0 Å². The van der Waals surface area contributed by atoms with Crippen LogP contribution >= 0.6 is 0 Å². The molecule has 46 heavy (non-hydrogen) atoms. The van der Waals surface area contributed by atoms with Crippen LogP contribution in [-0.4, -0.2) is 4.57 Å². The largest absolute Gasteiger partial charge is 0.308 e. The Labute approximate surface area is 269 Å². The van der Waals surface area contributed by atoms with E-state index in [-0.39, 0.29) is 0 Å². The van der Waals surface area contributed by atoms with E-state index in [0.29, 0.717) is 0 Å². The van der Waals surface area contributed by atoms with Gasteiger partial charge in [0.25, 0.3) is 0 Å². The summed E-state index contributed by atoms with van der Waals surface area (Å²) in [5, 5.41) is 10.2. The zero-order valence-electron chi connectivity index (χ0n) is 26.3. The summed E-state index contributed by atoms with van der Waals surface area (Å²) in [5.74, 6) is 0. The van der Waals surface area contributed by atoms with Crippen LogP contribution in [0.1, 0.15) is 16.7 Å². The molecule has 0 saturated carbocycles. The lowest BCUT2D eigenvalue weighted by molar-refractivity contribution is 1.21. The van der Waals surface area contributed by atoms with Gasteiger partial charge in [-0.3, -0.25) is 0 Å². The van der Waals surface area contributed by atoms with Crippen molar-refractivity contribution in [1.82, 2.24) is 4.57 Å². The van der Waals surface area contributed by atoms with Crippen LogP contribution in [-0.2, 0) is 0 Å². The van der Waals surface area contributed by atoms with Gasteiger partial charge in [0, 0.05) is 21.5 Å². The van der Waals surface area contributed by atoms with Crippen LogP contribution in [0.2, 0.25) is 0 Å². The first kappa shape index (κ1) is 26.7. The lowest BCUT2D eigenvalue weighted by Crippen LogP contribution is -2.01. The second kappa shape index (κ2) is 10.2. The summed E-state index contributed by atoms with van der Waals surface area (Å²) in [6, 6.07) is 54.0. The third kappa shape index (κ3) is 3.95. The van der Waals surface area contributed by atoms with E-state index in [1.54, 1.807) is 0 Å². The molecule has 9 rings (SSSR count). The Bertz CT molecular complexity index is 2600. The normalized spacial score (nSPS) is 11.8. The summed E-state index contributed by atoms with van der Waals surface area (Å²) in [6.07, 6.45) is 0. The van der Waals surface area contributed by atoms with Crippen LogP contribution in [0.15, 0.2) is 146 Å². The molecule has 0 aliphatic carbocycles. The molecule has 0 atom stereocenters. The maximum absolute atomic E-state index is 2.52. The van der Waals surface area contributed by atoms with Crippen LogP contribution in [0.25, 0.3) is 82.1 Å². The number of aryl methyl sites for hydroxylation is 3. The molecule has 0 aliphatic rings. The molecule has 218 valence electrons. The summed E-state index contributed by atoms with van der Waals surface area (Å²) in [4.78, 5) is 0. The highest BCUT2D eigenvalue weighted by Crippen LogP contribution is 2.47. The molecule has 0 amide bonds. The van der Waals surface area contributed by atoms with E-state index in [2.05, 4.69) is 171 Å². The summed E-state index contributed by atoms with van der Waals surface area (Å²) in [5.41, 5.74) is 12.6. The molecule has 0 bridgehead atoms. The Morgan fingerprint density at radius 2 is 0.935 bits per heavy atom. The van der Waals surface area contributed by atoms with Crippen LogP contribution in [0.3, 0.4) is 0 Å². The molecular weight excluding hydrogens is 555 g/mol. The smallest absolute Gasteiger partial charge is 0.0619 e. The van der Waals surface area contributed by atoms with Crippen molar-refractivity contribution >= 4 is 54.1 Å². The van der Waals surface area contributed by atoms with E-state index < -0.39 is 0 Å². The van der Waals surface area contributed by atoms with Crippen molar-refractivity contribution in [2.24, 2.45) is 0 Å². The van der Waals surface area contributed by atoms with Gasteiger partial charge in [0.15, 0.2) is 0 Å². The van der Waals surface area contributed by atoms with Gasteiger partial charge >= 0.3 is 0 Å². The van der Waals surface area contributed by atoms with Gasteiger partial charge in [0.1, 0.15) is 0 Å². The van der Waals surface area contributed by atoms with Crippen LogP contribution in [0.5, 0.6) is 0 Å². The van der Waals surface area contributed by atoms with E-state index in [0.717, 1.165) is 0 Å². The maximum Gasteiger partial charge on any atom is 0.0619 e. The molecule has 0 saturated heterocycles. The number of hydrogen-bond donors (Lipinski definition) is 0. The number of para-hydroxylation sites is 2. The van der Waals surface area contributed by atoms with Crippen LogP contribution < -0.4 is 0 Å². The van der Waals surface area contributed by atoms with Crippen molar-refractivity contribution in [3.63, 3.8) is 0 Å². The zero-order chi connectivity index (χ0) is 30.9. The molecule has 1 heterocycles. The number of fused-ring (bicyclic) bond motifs is 6. The number of hydrogen-bond acceptors (Lipinski definition) is 0. The van der Waals surface area contributed by atoms with Crippen molar-refractivity contribution in [2.45, 2.75) is 20.8 Å². The molecule has 0 aliphatic heterocycles. The van der Waals surface area contributed by atoms with Gasteiger partial charge in [-0.2, -0.15) is 0 Å². The van der Waals surface area contributed by atoms with Gasteiger partial charge in [-0.25, -0.2) is 0 Å². The molecule has 0 fully saturated rings. The van der Waals surface area contributed by atoms with Gasteiger partial charge in [-0.1, -0.05) is 121 Å². The van der Waals surface area contributed by atoms with Gasteiger partial charge < -0.3 is 4.57 Å². The van der Waals surface area contributed by atoms with Crippen LogP contribution in [0, 0.1) is 20.8 Å². The van der Waals surface area contributed by atoms with E-state index in [9.17, 15) is 0 Å². The number of benzene rings is 8. The summed E-state index contributed by atoms with van der Waals surface area (Å²) < 4.78 is 2.52. The van der Waals surface area contributed by atoms with Gasteiger partial charge in [-0.15, -0.1) is 0 Å². The quantitative estimate of drug-likeness (QED) is 0.181. The minimum Gasteiger partial charge on any atom is -0.308 e. The molecular formula is C45H33N. The first-order valence-electron chi connectivity index (χ1n) is 16.1. The SMILES string of the molecule is Cc1ccc2c(-n3c4ccccc4c4ccccc43)c3cc(C)c(C)cc3c(-c3cc4ccccc4cc3-c3ccccc3)c2c1. The Kier molecular flexibility index (Phi) is 5.92. The summed E-state index contributed by atoms with van der Waals surface area (Å²) in [6.45, 7) is 6.71. The number of rotatable bonds is 3. The predicted molar refractivity (Wildman–Crippen MR) is 198 cm³/mol. The van der Waals surface area contributed by atoms with E-state index in [1.807, 2.05) is 0 Å². The third-order valence-electron chi connectivity index (χ3n) is 9.90. The fraction of sp³-hybridized carbons (Fsp3) is 0.0667. The standard InChI is InChI=1S/C45H33N/c1-28-21-22-36-38(23-28)44(40-27-33-16-8-7-15-32(33)26-37(40)31-13-5-4-6-14-31)39-24-29(2)30(3)25-41(39)45(36)46-42-19-11-9-17-34(42)35-18-10-12-20-43(35)46/h4-27H,1-3H3. The highest BCUT2D eigenvalue weighted by molar-refractivity contribution is 6.22. The first-order valence-corrected chi connectivity index (χ1v) is 16.1. The molecule has 9 aromatic rings. The van der Waals surface area contributed by atoms with Gasteiger partial charge in [-0.05, 0) is 106 Å². The molecule has 0 N–H and O–H groups in total. The molecule has 1 aromatic heterocycles. The minimum atomic E-state index is 1.23. The number of aromatic nitrogens is 1. The Morgan fingerprint density at radius 1 is 0.391 bits per heavy atom. The summed E-state index contributed by atoms with van der Waals surface area (Å²) in [7, 11) is 0. The maximum atomic E-state index is 2.52. The average Bonchev–Trinajstić information content (AvgIpc) is 3.42. The molecule has 1 heteroatoms. The van der Waals surface area contributed by atoms with Gasteiger partial charge in [0.05, 0.1) is 16.7 Å². The van der Waals surface area contributed by atoms with E-state index >= 15 is 0 Å². The monoisotopic (exact) mass is 587 g/mol. The Hall–Kier alpha value is -5.66. The molecule has 0 spiro atoms. The lowest BCUT2D eigenvalue weighted by atomic mass is 9.84. The highest BCUT2D eigenvalue weighted by atomic mass is 15.0. The lowest BCUT2D eigenvalue weighted by Gasteiger charge is -2.23. The molecule has 1 nitrogen and oxygen atoms in total. The summed E-state index contributed by atoms with van der Waals surface area (Å²) >= 11 is 0. The topological polar surface area (TPSA) is 4.93 Å². The fourth-order valence-corrected chi connectivity index (χ4v) is 7.58. The van der Waals surface area contributed by atoms with Crippen molar-refractivity contribution < 1.29 is 0 Å². The molecule has 0 radical (unpaired) electrons. The van der Waals surface area contributed by atoms with E-state index in [1.165, 1.54) is 98.8 Å². The van der Waals surface area contributed by atoms with Crippen molar-refractivity contribution in [3.8, 4) is 27.9 Å². The minimum absolute atomic E-state index is 1.23. The first-order chi connectivity index (χ1) is 22.6. The Morgan fingerprint density at radius 3 is 1.61 bits per heavy atom. The number of nitrogens with zero attached hydrogens (tertiary/aromatic N) is 1. The zero-order valence-corrected chi connectivity index (χ0v) is 26.3. The van der Waals surface area contributed by atoms with Gasteiger partial charge in [0.2, 0.25) is 0 Å². The average molecular weight is 588 g/mol. The second-order valence-corrected chi connectivity index (χ2v) is 12.7.